The Morgan fingerprint density at radius 2 is 2.13 bits per heavy atom. The average Bonchev–Trinajstić information content (AvgIpc) is 3.06. The minimum absolute atomic E-state index is 0.0369. The summed E-state index contributed by atoms with van der Waals surface area (Å²) in [5, 5.41) is 22.3. The Labute approximate surface area is 138 Å². The van der Waals surface area contributed by atoms with Crippen molar-refractivity contribution < 1.29 is 4.79 Å². The molecule has 0 radical (unpaired) electrons. The molecule has 0 unspecified atom stereocenters. The van der Waals surface area contributed by atoms with E-state index < -0.39 is 0 Å². The molecule has 118 valence electrons. The molecule has 3 rings (SSSR count). The summed E-state index contributed by atoms with van der Waals surface area (Å²) in [6.07, 6.45) is 1.71. The fourth-order valence-electron chi connectivity index (χ4n) is 2.62. The summed E-state index contributed by atoms with van der Waals surface area (Å²) in [4.78, 5) is 14.9. The molecule has 0 bridgehead atoms. The topological polar surface area (TPSA) is 81.9 Å². The number of amides is 1. The Hall–Kier alpha value is -2.46. The quantitative estimate of drug-likeness (QED) is 0.936. The summed E-state index contributed by atoms with van der Waals surface area (Å²) in [5.41, 5.74) is 1.36. The first-order chi connectivity index (χ1) is 11.2. The maximum atomic E-state index is 12.5. The van der Waals surface area contributed by atoms with E-state index >= 15 is 0 Å². The summed E-state index contributed by atoms with van der Waals surface area (Å²) in [6.45, 7) is 3.26. The molecule has 0 saturated carbocycles. The van der Waals surface area contributed by atoms with Gasteiger partial charge in [0.15, 0.2) is 0 Å². The molecule has 0 spiro atoms. The van der Waals surface area contributed by atoms with Crippen LogP contribution in [0.4, 0.5) is 5.82 Å². The number of aryl methyl sites for hydroxylation is 1. The van der Waals surface area contributed by atoms with E-state index in [1.54, 1.807) is 11.4 Å². The number of rotatable bonds is 3. The van der Waals surface area contributed by atoms with Crippen molar-refractivity contribution in [2.45, 2.75) is 25.8 Å². The molecule has 1 fully saturated rings. The lowest BCUT2D eigenvalue weighted by atomic mass is 10.0. The van der Waals surface area contributed by atoms with Crippen molar-refractivity contribution in [3.63, 3.8) is 0 Å². The van der Waals surface area contributed by atoms with E-state index in [-0.39, 0.29) is 11.9 Å². The van der Waals surface area contributed by atoms with Gasteiger partial charge >= 0.3 is 0 Å². The minimum atomic E-state index is -0.0369. The molecule has 7 heteroatoms. The van der Waals surface area contributed by atoms with Crippen LogP contribution < -0.4 is 5.32 Å². The zero-order valence-electron chi connectivity index (χ0n) is 12.8. The maximum absolute atomic E-state index is 12.5. The standard InChI is InChI=1S/C16H17N5OS/c1-11-2-3-14(20-19-11)18-13-4-7-21(8-5-13)16(22)15-12(10-17)6-9-23-15/h2-3,6,9,13H,4-5,7-8H2,1H3,(H,18,20). The Morgan fingerprint density at radius 1 is 1.35 bits per heavy atom. The van der Waals surface area contributed by atoms with Gasteiger partial charge in [-0.15, -0.1) is 16.4 Å². The monoisotopic (exact) mass is 327 g/mol. The molecule has 2 aromatic rings. The molecule has 0 aromatic carbocycles. The van der Waals surface area contributed by atoms with Gasteiger partial charge < -0.3 is 10.2 Å². The molecule has 0 aliphatic carbocycles. The number of carbonyl (C=O) groups is 1. The summed E-state index contributed by atoms with van der Waals surface area (Å²) in [5.74, 6) is 0.732. The third-order valence-corrected chi connectivity index (χ3v) is 4.81. The highest BCUT2D eigenvalue weighted by Gasteiger charge is 2.26. The zero-order chi connectivity index (χ0) is 16.2. The second kappa shape index (κ2) is 6.75. The van der Waals surface area contributed by atoms with Crippen LogP contribution in [0.1, 0.15) is 33.8 Å². The molecule has 6 nitrogen and oxygen atoms in total. The Bertz CT molecular complexity index is 726. The van der Waals surface area contributed by atoms with Gasteiger partial charge in [0.2, 0.25) is 0 Å². The first-order valence-electron chi connectivity index (χ1n) is 7.51. The first-order valence-corrected chi connectivity index (χ1v) is 8.39. The van der Waals surface area contributed by atoms with Gasteiger partial charge in [-0.1, -0.05) is 0 Å². The molecule has 1 N–H and O–H groups in total. The van der Waals surface area contributed by atoms with Crippen LogP contribution in [-0.2, 0) is 0 Å². The number of piperidine rings is 1. The minimum Gasteiger partial charge on any atom is -0.366 e. The van der Waals surface area contributed by atoms with Gasteiger partial charge in [0.05, 0.1) is 11.3 Å². The van der Waals surface area contributed by atoms with E-state index in [1.807, 2.05) is 24.0 Å². The van der Waals surface area contributed by atoms with Crippen LogP contribution in [0.5, 0.6) is 0 Å². The molecule has 23 heavy (non-hydrogen) atoms. The van der Waals surface area contributed by atoms with Crippen molar-refractivity contribution in [2.24, 2.45) is 0 Å². The van der Waals surface area contributed by atoms with Gasteiger partial charge in [0.1, 0.15) is 16.8 Å². The van der Waals surface area contributed by atoms with E-state index in [0.717, 1.165) is 24.4 Å². The highest BCUT2D eigenvalue weighted by atomic mass is 32.1. The highest BCUT2D eigenvalue weighted by Crippen LogP contribution is 2.22. The van der Waals surface area contributed by atoms with Crippen molar-refractivity contribution in [1.82, 2.24) is 15.1 Å². The number of nitrogens with one attached hydrogen (secondary N) is 1. The SMILES string of the molecule is Cc1ccc(NC2CCN(C(=O)c3sccc3C#N)CC2)nn1. The average molecular weight is 327 g/mol. The number of carbonyl (C=O) groups excluding carboxylic acids is 1. The summed E-state index contributed by atoms with van der Waals surface area (Å²) in [7, 11) is 0. The van der Waals surface area contributed by atoms with Crippen LogP contribution in [0.25, 0.3) is 0 Å². The van der Waals surface area contributed by atoms with Crippen molar-refractivity contribution in [1.29, 1.82) is 5.26 Å². The van der Waals surface area contributed by atoms with Crippen LogP contribution in [0, 0.1) is 18.3 Å². The fraction of sp³-hybridized carbons (Fsp3) is 0.375. The molecule has 1 saturated heterocycles. The summed E-state index contributed by atoms with van der Waals surface area (Å²) >= 11 is 1.33. The largest absolute Gasteiger partial charge is 0.366 e. The second-order valence-electron chi connectivity index (χ2n) is 5.55. The molecule has 1 aliphatic heterocycles. The molecule has 3 heterocycles. The van der Waals surface area contributed by atoms with Crippen LogP contribution in [0.3, 0.4) is 0 Å². The van der Waals surface area contributed by atoms with Crippen molar-refractivity contribution in [3.8, 4) is 6.07 Å². The number of thiophene rings is 1. The van der Waals surface area contributed by atoms with E-state index in [0.29, 0.717) is 23.5 Å². The Morgan fingerprint density at radius 3 is 2.78 bits per heavy atom. The van der Waals surface area contributed by atoms with E-state index in [4.69, 9.17) is 5.26 Å². The smallest absolute Gasteiger partial charge is 0.265 e. The Balaban J connectivity index is 1.57. The second-order valence-corrected chi connectivity index (χ2v) is 6.46. The van der Waals surface area contributed by atoms with Gasteiger partial charge in [0, 0.05) is 19.1 Å². The molecule has 2 aromatic heterocycles. The maximum Gasteiger partial charge on any atom is 0.265 e. The van der Waals surface area contributed by atoms with E-state index in [1.165, 1.54) is 11.3 Å². The van der Waals surface area contributed by atoms with Crippen molar-refractivity contribution >= 4 is 23.1 Å². The van der Waals surface area contributed by atoms with Gasteiger partial charge in [0.25, 0.3) is 5.91 Å². The lowest BCUT2D eigenvalue weighted by Crippen LogP contribution is -2.42. The van der Waals surface area contributed by atoms with Crippen molar-refractivity contribution in [3.05, 3.63) is 39.7 Å². The number of nitrogens with zero attached hydrogens (tertiary/aromatic N) is 4. The van der Waals surface area contributed by atoms with E-state index in [2.05, 4.69) is 21.6 Å². The molecule has 1 amide bonds. The predicted molar refractivity (Wildman–Crippen MR) is 88.4 cm³/mol. The van der Waals surface area contributed by atoms with Crippen molar-refractivity contribution in [2.75, 3.05) is 18.4 Å². The zero-order valence-corrected chi connectivity index (χ0v) is 13.6. The molecule has 0 atom stereocenters. The lowest BCUT2D eigenvalue weighted by molar-refractivity contribution is 0.0723. The van der Waals surface area contributed by atoms with Crippen LogP contribution in [-0.4, -0.2) is 40.1 Å². The third-order valence-electron chi connectivity index (χ3n) is 3.91. The number of likely N-dealkylation sites (tertiary alicyclic amines) is 1. The molecule has 1 aliphatic rings. The lowest BCUT2D eigenvalue weighted by Gasteiger charge is -2.32. The predicted octanol–water partition coefficient (Wildman–Crippen LogP) is 2.43. The number of anilines is 1. The number of hydrogen-bond donors (Lipinski definition) is 1. The highest BCUT2D eigenvalue weighted by molar-refractivity contribution is 7.12. The summed E-state index contributed by atoms with van der Waals surface area (Å²) < 4.78 is 0. The first kappa shape index (κ1) is 15.4. The number of nitriles is 1. The number of aromatic nitrogens is 2. The van der Waals surface area contributed by atoms with Gasteiger partial charge in [-0.25, -0.2) is 0 Å². The Kier molecular flexibility index (Phi) is 4.53. The molecular formula is C16H17N5OS. The van der Waals surface area contributed by atoms with Gasteiger partial charge in [-0.3, -0.25) is 4.79 Å². The van der Waals surface area contributed by atoms with Gasteiger partial charge in [-0.05, 0) is 43.3 Å². The third kappa shape index (κ3) is 3.48. The van der Waals surface area contributed by atoms with Crippen LogP contribution >= 0.6 is 11.3 Å². The van der Waals surface area contributed by atoms with Crippen LogP contribution in [0.2, 0.25) is 0 Å². The number of hydrogen-bond acceptors (Lipinski definition) is 6. The van der Waals surface area contributed by atoms with Gasteiger partial charge in [-0.2, -0.15) is 10.4 Å². The van der Waals surface area contributed by atoms with E-state index in [9.17, 15) is 4.79 Å². The normalized spacial score (nSPS) is 15.2. The molecular weight excluding hydrogens is 310 g/mol. The van der Waals surface area contributed by atoms with Crippen LogP contribution in [0.15, 0.2) is 23.6 Å². The fourth-order valence-corrected chi connectivity index (χ4v) is 3.43. The summed E-state index contributed by atoms with van der Waals surface area (Å²) in [6, 6.07) is 7.91.